The number of hydrogen-bond acceptors (Lipinski definition) is 3. The van der Waals surface area contributed by atoms with Gasteiger partial charge < -0.3 is 10.6 Å². The van der Waals surface area contributed by atoms with Crippen LogP contribution in [0.1, 0.15) is 21.6 Å². The maximum atomic E-state index is 12.5. The van der Waals surface area contributed by atoms with Crippen molar-refractivity contribution in [3.05, 3.63) is 83.7 Å². The van der Waals surface area contributed by atoms with Gasteiger partial charge in [-0.2, -0.15) is 0 Å². The number of carbonyl (C=O) groups is 1. The molecule has 0 atom stereocenters. The van der Waals surface area contributed by atoms with Crippen molar-refractivity contribution in [3.63, 3.8) is 0 Å². The van der Waals surface area contributed by atoms with Gasteiger partial charge in [0.1, 0.15) is 5.69 Å². The number of para-hydroxylation sites is 2. The van der Waals surface area contributed by atoms with Gasteiger partial charge in [0.2, 0.25) is 0 Å². The number of amides is 1. The molecule has 0 aliphatic rings. The summed E-state index contributed by atoms with van der Waals surface area (Å²) >= 11 is 0. The topological polar surface area (TPSA) is 54.0 Å². The number of nitrogens with zero attached hydrogens (tertiary/aromatic N) is 1. The van der Waals surface area contributed by atoms with Crippen molar-refractivity contribution < 1.29 is 4.79 Å². The molecule has 4 nitrogen and oxygen atoms in total. The van der Waals surface area contributed by atoms with E-state index in [4.69, 9.17) is 0 Å². The van der Waals surface area contributed by atoms with Crippen LogP contribution in [-0.2, 0) is 0 Å². The molecule has 1 heterocycles. The number of aromatic nitrogens is 1. The average Bonchev–Trinajstić information content (AvgIpc) is 2.59. The molecule has 0 saturated heterocycles. The zero-order valence-corrected chi connectivity index (χ0v) is 13.7. The van der Waals surface area contributed by atoms with Crippen LogP contribution < -0.4 is 10.6 Å². The summed E-state index contributed by atoms with van der Waals surface area (Å²) in [7, 11) is 0. The summed E-state index contributed by atoms with van der Waals surface area (Å²) in [6.45, 7) is 3.95. The number of nitrogens with one attached hydrogen (secondary N) is 2. The lowest BCUT2D eigenvalue weighted by Gasteiger charge is -2.12. The number of carbonyl (C=O) groups excluding carboxylic acids is 1. The minimum atomic E-state index is -0.218. The molecule has 0 unspecified atom stereocenters. The standard InChI is InChI=1S/C20H19N3O/c1-14-7-6-8-15(2)19(14)23-20(24)18-13-17(11-12-21-18)22-16-9-4-3-5-10-16/h3-13H,1-2H3,(H,21,22)(H,23,24). The Hall–Kier alpha value is -3.14. The molecular weight excluding hydrogens is 298 g/mol. The minimum Gasteiger partial charge on any atom is -0.355 e. The van der Waals surface area contributed by atoms with E-state index in [1.165, 1.54) is 0 Å². The second-order valence-electron chi connectivity index (χ2n) is 5.64. The minimum absolute atomic E-state index is 0.218. The molecular formula is C20H19N3O. The van der Waals surface area contributed by atoms with E-state index in [-0.39, 0.29) is 5.91 Å². The number of rotatable bonds is 4. The molecule has 2 N–H and O–H groups in total. The molecule has 1 aromatic heterocycles. The molecule has 0 bridgehead atoms. The van der Waals surface area contributed by atoms with E-state index in [1.807, 2.05) is 68.4 Å². The molecule has 0 spiro atoms. The molecule has 0 saturated carbocycles. The zero-order valence-electron chi connectivity index (χ0n) is 13.7. The van der Waals surface area contributed by atoms with E-state index in [0.717, 1.165) is 28.2 Å². The van der Waals surface area contributed by atoms with Crippen LogP contribution in [0.15, 0.2) is 66.9 Å². The summed E-state index contributed by atoms with van der Waals surface area (Å²) in [6.07, 6.45) is 1.63. The Balaban J connectivity index is 1.80. The Labute approximate surface area is 141 Å². The maximum absolute atomic E-state index is 12.5. The fourth-order valence-corrected chi connectivity index (χ4v) is 2.51. The summed E-state index contributed by atoms with van der Waals surface area (Å²) in [4.78, 5) is 16.7. The van der Waals surface area contributed by atoms with Crippen LogP contribution in [0.5, 0.6) is 0 Å². The van der Waals surface area contributed by atoms with Crippen molar-refractivity contribution in [2.45, 2.75) is 13.8 Å². The normalized spacial score (nSPS) is 10.2. The highest BCUT2D eigenvalue weighted by Crippen LogP contribution is 2.21. The summed E-state index contributed by atoms with van der Waals surface area (Å²) in [6, 6.07) is 19.3. The number of pyridine rings is 1. The van der Waals surface area contributed by atoms with Gasteiger partial charge in [-0.3, -0.25) is 9.78 Å². The van der Waals surface area contributed by atoms with Gasteiger partial charge in [-0.05, 0) is 49.2 Å². The van der Waals surface area contributed by atoms with Crippen molar-refractivity contribution >= 4 is 23.0 Å². The summed E-state index contributed by atoms with van der Waals surface area (Å²) in [5.74, 6) is -0.218. The molecule has 24 heavy (non-hydrogen) atoms. The lowest BCUT2D eigenvalue weighted by Crippen LogP contribution is -2.15. The van der Waals surface area contributed by atoms with Crippen LogP contribution >= 0.6 is 0 Å². The van der Waals surface area contributed by atoms with Gasteiger partial charge in [-0.15, -0.1) is 0 Å². The Bertz CT molecular complexity index is 840. The van der Waals surface area contributed by atoms with Crippen LogP contribution in [0.4, 0.5) is 17.1 Å². The summed E-state index contributed by atoms with van der Waals surface area (Å²) in [5.41, 5.74) is 5.06. The first-order chi connectivity index (χ1) is 11.6. The summed E-state index contributed by atoms with van der Waals surface area (Å²) in [5, 5.41) is 6.22. The monoisotopic (exact) mass is 317 g/mol. The first kappa shape index (κ1) is 15.7. The average molecular weight is 317 g/mol. The predicted molar refractivity (Wildman–Crippen MR) is 97.8 cm³/mol. The number of aryl methyl sites for hydroxylation is 2. The molecule has 4 heteroatoms. The van der Waals surface area contributed by atoms with Gasteiger partial charge in [0.15, 0.2) is 0 Å². The Kier molecular flexibility index (Phi) is 4.57. The summed E-state index contributed by atoms with van der Waals surface area (Å²) < 4.78 is 0. The van der Waals surface area contributed by atoms with E-state index >= 15 is 0 Å². The van der Waals surface area contributed by atoms with Gasteiger partial charge in [0.25, 0.3) is 5.91 Å². The first-order valence-corrected chi connectivity index (χ1v) is 7.79. The molecule has 2 aromatic carbocycles. The lowest BCUT2D eigenvalue weighted by atomic mass is 10.1. The molecule has 0 radical (unpaired) electrons. The van der Waals surface area contributed by atoms with E-state index in [1.54, 1.807) is 12.3 Å². The van der Waals surface area contributed by atoms with Gasteiger partial charge in [-0.25, -0.2) is 0 Å². The second kappa shape index (κ2) is 6.96. The van der Waals surface area contributed by atoms with Gasteiger partial charge in [-0.1, -0.05) is 36.4 Å². The third kappa shape index (κ3) is 3.60. The fraction of sp³-hybridized carbons (Fsp3) is 0.100. The highest BCUT2D eigenvalue weighted by molar-refractivity contribution is 6.04. The number of hydrogen-bond donors (Lipinski definition) is 2. The number of benzene rings is 2. The third-order valence-corrected chi connectivity index (χ3v) is 3.77. The maximum Gasteiger partial charge on any atom is 0.274 e. The number of anilines is 3. The smallest absolute Gasteiger partial charge is 0.274 e. The SMILES string of the molecule is Cc1cccc(C)c1NC(=O)c1cc(Nc2ccccc2)ccn1. The third-order valence-electron chi connectivity index (χ3n) is 3.77. The molecule has 0 fully saturated rings. The van der Waals surface area contributed by atoms with Gasteiger partial charge in [0.05, 0.1) is 0 Å². The van der Waals surface area contributed by atoms with Crippen LogP contribution in [0.25, 0.3) is 0 Å². The Morgan fingerprint density at radius 3 is 2.29 bits per heavy atom. The second-order valence-corrected chi connectivity index (χ2v) is 5.64. The lowest BCUT2D eigenvalue weighted by molar-refractivity contribution is 0.102. The van der Waals surface area contributed by atoms with Crippen molar-refractivity contribution in [2.75, 3.05) is 10.6 Å². The van der Waals surface area contributed by atoms with E-state index in [9.17, 15) is 4.79 Å². The highest BCUT2D eigenvalue weighted by Gasteiger charge is 2.11. The Morgan fingerprint density at radius 2 is 1.58 bits per heavy atom. The van der Waals surface area contributed by atoms with Crippen LogP contribution in [0.3, 0.4) is 0 Å². The molecule has 1 amide bonds. The molecule has 3 aromatic rings. The molecule has 0 aliphatic heterocycles. The van der Waals surface area contributed by atoms with Crippen LogP contribution in [-0.4, -0.2) is 10.9 Å². The van der Waals surface area contributed by atoms with Gasteiger partial charge in [0, 0.05) is 23.3 Å². The fourth-order valence-electron chi connectivity index (χ4n) is 2.51. The Morgan fingerprint density at radius 1 is 0.875 bits per heavy atom. The molecule has 0 aliphatic carbocycles. The van der Waals surface area contributed by atoms with E-state index in [0.29, 0.717) is 5.69 Å². The van der Waals surface area contributed by atoms with E-state index in [2.05, 4.69) is 15.6 Å². The first-order valence-electron chi connectivity index (χ1n) is 7.79. The highest BCUT2D eigenvalue weighted by atomic mass is 16.1. The van der Waals surface area contributed by atoms with Crippen LogP contribution in [0, 0.1) is 13.8 Å². The van der Waals surface area contributed by atoms with Crippen LogP contribution in [0.2, 0.25) is 0 Å². The molecule has 3 rings (SSSR count). The largest absolute Gasteiger partial charge is 0.355 e. The van der Waals surface area contributed by atoms with Crippen molar-refractivity contribution in [1.82, 2.24) is 4.98 Å². The quantitative estimate of drug-likeness (QED) is 0.733. The van der Waals surface area contributed by atoms with Crippen molar-refractivity contribution in [2.24, 2.45) is 0 Å². The zero-order chi connectivity index (χ0) is 16.9. The molecule has 120 valence electrons. The van der Waals surface area contributed by atoms with E-state index < -0.39 is 0 Å². The van der Waals surface area contributed by atoms with Gasteiger partial charge >= 0.3 is 0 Å². The van der Waals surface area contributed by atoms with Crippen molar-refractivity contribution in [1.29, 1.82) is 0 Å². The predicted octanol–water partition coefficient (Wildman–Crippen LogP) is 4.69. The van der Waals surface area contributed by atoms with Crippen molar-refractivity contribution in [3.8, 4) is 0 Å².